The number of anilines is 1. The second kappa shape index (κ2) is 4.52. The Balaban J connectivity index is 2.27. The number of hydrogen-bond acceptors (Lipinski definition) is 3. The van der Waals surface area contributed by atoms with Gasteiger partial charge in [-0.2, -0.15) is 0 Å². The van der Waals surface area contributed by atoms with Gasteiger partial charge in [0, 0.05) is 12.1 Å². The van der Waals surface area contributed by atoms with Crippen LogP contribution in [0.4, 0.5) is 10.1 Å². The maximum absolute atomic E-state index is 13.4. The number of phenolic OH excluding ortho intramolecular Hbond substituents is 1. The zero-order chi connectivity index (χ0) is 14.3. The molecule has 1 aromatic heterocycles. The summed E-state index contributed by atoms with van der Waals surface area (Å²) < 4.78 is 15.3. The van der Waals surface area contributed by atoms with Crippen LogP contribution in [0.3, 0.4) is 0 Å². The molecular weight excluding hydrogens is 257 g/mol. The molecule has 20 heavy (non-hydrogen) atoms. The number of nitrogens with two attached hydrogens (primary N) is 1. The van der Waals surface area contributed by atoms with Crippen LogP contribution >= 0.6 is 0 Å². The molecule has 102 valence electrons. The highest BCUT2D eigenvalue weighted by molar-refractivity contribution is 5.81. The van der Waals surface area contributed by atoms with E-state index in [0.29, 0.717) is 18.1 Å². The highest BCUT2D eigenvalue weighted by atomic mass is 19.1. The van der Waals surface area contributed by atoms with E-state index in [9.17, 15) is 9.50 Å². The summed E-state index contributed by atoms with van der Waals surface area (Å²) in [7, 11) is 0. The molecule has 0 saturated heterocycles. The molecule has 3 aromatic rings. The van der Waals surface area contributed by atoms with Crippen molar-refractivity contribution < 1.29 is 9.50 Å². The van der Waals surface area contributed by atoms with Crippen LogP contribution in [-0.2, 0) is 6.54 Å². The predicted octanol–water partition coefficient (Wildman–Crippen LogP) is 3.15. The number of imidazole rings is 1. The number of hydrogen-bond donors (Lipinski definition) is 2. The van der Waals surface area contributed by atoms with Gasteiger partial charge in [0.15, 0.2) is 0 Å². The monoisotopic (exact) mass is 271 g/mol. The topological polar surface area (TPSA) is 64.1 Å². The first-order valence-electron chi connectivity index (χ1n) is 6.35. The van der Waals surface area contributed by atoms with Crippen LogP contribution in [0.1, 0.15) is 6.92 Å². The zero-order valence-electron chi connectivity index (χ0n) is 11.0. The number of rotatable bonds is 2. The fourth-order valence-corrected chi connectivity index (χ4v) is 2.33. The second-order valence-electron chi connectivity index (χ2n) is 4.59. The lowest BCUT2D eigenvalue weighted by molar-refractivity contribution is 0.478. The molecule has 0 amide bonds. The maximum atomic E-state index is 13.4. The molecule has 0 aliphatic heterocycles. The van der Waals surface area contributed by atoms with Gasteiger partial charge in [-0.25, -0.2) is 9.37 Å². The molecule has 0 bridgehead atoms. The summed E-state index contributed by atoms with van der Waals surface area (Å²) >= 11 is 0. The van der Waals surface area contributed by atoms with E-state index < -0.39 is 0 Å². The van der Waals surface area contributed by atoms with Crippen LogP contribution in [0.25, 0.3) is 22.4 Å². The minimum absolute atomic E-state index is 0.0407. The van der Waals surface area contributed by atoms with Crippen LogP contribution in [0.5, 0.6) is 5.75 Å². The van der Waals surface area contributed by atoms with Crippen LogP contribution in [0.2, 0.25) is 0 Å². The van der Waals surface area contributed by atoms with Gasteiger partial charge < -0.3 is 15.4 Å². The Morgan fingerprint density at radius 3 is 2.75 bits per heavy atom. The molecule has 0 spiro atoms. The third kappa shape index (κ3) is 1.87. The van der Waals surface area contributed by atoms with Crippen LogP contribution in [0, 0.1) is 5.82 Å². The molecule has 0 radical (unpaired) electrons. The number of aromatic nitrogens is 2. The van der Waals surface area contributed by atoms with Crippen molar-refractivity contribution in [3.8, 4) is 17.1 Å². The third-order valence-corrected chi connectivity index (χ3v) is 3.31. The lowest BCUT2D eigenvalue weighted by Gasteiger charge is -2.07. The van der Waals surface area contributed by atoms with Gasteiger partial charge in [-0.05, 0) is 43.3 Å². The van der Waals surface area contributed by atoms with Gasteiger partial charge in [0.05, 0.1) is 16.7 Å². The predicted molar refractivity (Wildman–Crippen MR) is 76.9 cm³/mol. The summed E-state index contributed by atoms with van der Waals surface area (Å²) in [5.74, 6) is 0.461. The zero-order valence-corrected chi connectivity index (χ0v) is 11.0. The third-order valence-electron chi connectivity index (χ3n) is 3.31. The molecule has 0 aliphatic rings. The van der Waals surface area contributed by atoms with Crippen LogP contribution in [0.15, 0.2) is 36.4 Å². The molecule has 1 heterocycles. The number of nitrogen functional groups attached to an aromatic ring is 1. The molecular formula is C15H14FN3O. The summed E-state index contributed by atoms with van der Waals surface area (Å²) in [4.78, 5) is 4.52. The Hall–Kier alpha value is -2.56. The average Bonchev–Trinajstić information content (AvgIpc) is 2.79. The van der Waals surface area contributed by atoms with E-state index in [4.69, 9.17) is 5.73 Å². The largest absolute Gasteiger partial charge is 0.506 e. The summed E-state index contributed by atoms with van der Waals surface area (Å²) in [6.45, 7) is 2.63. The molecule has 0 saturated carbocycles. The quantitative estimate of drug-likeness (QED) is 0.556. The number of phenols is 1. The smallest absolute Gasteiger partial charge is 0.141 e. The second-order valence-corrected chi connectivity index (χ2v) is 4.59. The van der Waals surface area contributed by atoms with Crippen molar-refractivity contribution in [1.29, 1.82) is 0 Å². The number of aromatic hydroxyl groups is 1. The van der Waals surface area contributed by atoms with Gasteiger partial charge in [-0.3, -0.25) is 0 Å². The molecule has 0 unspecified atom stereocenters. The minimum atomic E-state index is -0.288. The molecule has 2 aromatic carbocycles. The van der Waals surface area contributed by atoms with Crippen molar-refractivity contribution in [2.75, 3.05) is 5.73 Å². The molecule has 0 aliphatic carbocycles. The lowest BCUT2D eigenvalue weighted by Crippen LogP contribution is -1.98. The maximum Gasteiger partial charge on any atom is 0.141 e. The Morgan fingerprint density at radius 2 is 2.05 bits per heavy atom. The number of nitrogens with zero attached hydrogens (tertiary/aromatic N) is 2. The van der Waals surface area contributed by atoms with Crippen molar-refractivity contribution in [1.82, 2.24) is 9.55 Å². The molecule has 5 heteroatoms. The first-order chi connectivity index (χ1) is 9.60. The molecule has 3 rings (SSSR count). The molecule has 0 fully saturated rings. The van der Waals surface area contributed by atoms with Crippen molar-refractivity contribution in [3.05, 3.63) is 42.2 Å². The van der Waals surface area contributed by atoms with E-state index in [-0.39, 0.29) is 11.6 Å². The highest BCUT2D eigenvalue weighted by Crippen LogP contribution is 2.29. The molecule has 4 nitrogen and oxygen atoms in total. The fourth-order valence-electron chi connectivity index (χ4n) is 2.33. The highest BCUT2D eigenvalue weighted by Gasteiger charge is 2.13. The van der Waals surface area contributed by atoms with E-state index in [0.717, 1.165) is 16.6 Å². The summed E-state index contributed by atoms with van der Waals surface area (Å²) in [5.41, 5.74) is 8.28. The minimum Gasteiger partial charge on any atom is -0.506 e. The number of aryl methyl sites for hydroxylation is 1. The first kappa shape index (κ1) is 12.5. The van der Waals surface area contributed by atoms with Crippen molar-refractivity contribution in [2.24, 2.45) is 0 Å². The summed E-state index contributed by atoms with van der Waals surface area (Å²) in [5, 5.41) is 9.49. The SMILES string of the molecule is CCn1c(-c2ccc(O)c(N)c2)nc2ccc(F)cc21. The van der Waals surface area contributed by atoms with Crippen LogP contribution in [-0.4, -0.2) is 14.7 Å². The van der Waals surface area contributed by atoms with E-state index in [2.05, 4.69) is 4.98 Å². The average molecular weight is 271 g/mol. The van der Waals surface area contributed by atoms with Gasteiger partial charge in [0.2, 0.25) is 0 Å². The Morgan fingerprint density at radius 1 is 1.25 bits per heavy atom. The van der Waals surface area contributed by atoms with Crippen molar-refractivity contribution in [3.63, 3.8) is 0 Å². The normalized spacial score (nSPS) is 11.1. The standard InChI is InChI=1S/C15H14FN3O/c1-2-19-13-8-10(16)4-5-12(13)18-15(19)9-3-6-14(20)11(17)7-9/h3-8,20H,2,17H2,1H3. The fraction of sp³-hybridized carbons (Fsp3) is 0.133. The van der Waals surface area contributed by atoms with Crippen molar-refractivity contribution in [2.45, 2.75) is 13.5 Å². The van der Waals surface area contributed by atoms with Gasteiger partial charge >= 0.3 is 0 Å². The molecule has 3 N–H and O–H groups in total. The summed E-state index contributed by atoms with van der Waals surface area (Å²) in [6, 6.07) is 9.46. The Labute approximate surface area is 115 Å². The summed E-state index contributed by atoms with van der Waals surface area (Å²) in [6.07, 6.45) is 0. The van der Waals surface area contributed by atoms with Crippen LogP contribution < -0.4 is 5.73 Å². The van der Waals surface area contributed by atoms with E-state index in [1.807, 2.05) is 11.5 Å². The Kier molecular flexibility index (Phi) is 2.82. The van der Waals surface area contributed by atoms with Gasteiger partial charge in [0.1, 0.15) is 17.4 Å². The van der Waals surface area contributed by atoms with E-state index >= 15 is 0 Å². The van der Waals surface area contributed by atoms with Gasteiger partial charge in [-0.15, -0.1) is 0 Å². The van der Waals surface area contributed by atoms with E-state index in [1.165, 1.54) is 18.2 Å². The van der Waals surface area contributed by atoms with E-state index in [1.54, 1.807) is 18.2 Å². The Bertz CT molecular complexity index is 795. The van der Waals surface area contributed by atoms with Gasteiger partial charge in [0.25, 0.3) is 0 Å². The molecule has 0 atom stereocenters. The lowest BCUT2D eigenvalue weighted by atomic mass is 10.2. The number of benzene rings is 2. The van der Waals surface area contributed by atoms with Gasteiger partial charge in [-0.1, -0.05) is 0 Å². The number of fused-ring (bicyclic) bond motifs is 1. The first-order valence-corrected chi connectivity index (χ1v) is 6.35. The number of halogens is 1. The van der Waals surface area contributed by atoms with Crippen molar-refractivity contribution >= 4 is 16.7 Å².